The molecule has 6 heteroatoms. The molecule has 6 nitrogen and oxygen atoms in total. The van der Waals surface area contributed by atoms with Crippen molar-refractivity contribution < 1.29 is 0 Å². The molecule has 11 aromatic carbocycles. The van der Waals surface area contributed by atoms with E-state index < -0.39 is 0 Å². The first-order valence-corrected chi connectivity index (χ1v) is 25.9. The normalized spacial score (nSPS) is 11.9. The second-order valence-electron chi connectivity index (χ2n) is 19.7. The number of hydrogen-bond acceptors (Lipinski definition) is 2. The summed E-state index contributed by atoms with van der Waals surface area (Å²) in [6.45, 7) is 0. The molecule has 0 saturated carbocycles. The molecule has 0 unspecified atom stereocenters. The fourth-order valence-electron chi connectivity index (χ4n) is 12.4. The molecule has 0 fully saturated rings. The molecule has 0 bridgehead atoms. The number of para-hydroxylation sites is 5. The van der Waals surface area contributed by atoms with Gasteiger partial charge in [-0.1, -0.05) is 176 Å². The number of benzene rings is 11. The minimum atomic E-state index is 0.685. The smallest absolute Gasteiger partial charge is 0.160 e. The highest BCUT2D eigenvalue weighted by Crippen LogP contribution is 2.47. The molecule has 5 aromatic heterocycles. The Morgan fingerprint density at radius 2 is 0.684 bits per heavy atom. The van der Waals surface area contributed by atoms with Crippen molar-refractivity contribution in [3.8, 4) is 56.7 Å². The van der Waals surface area contributed by atoms with Crippen molar-refractivity contribution in [2.75, 3.05) is 0 Å². The monoisotopic (exact) mass is 968 g/mol. The Bertz CT molecular complexity index is 4890. The molecule has 354 valence electrons. The van der Waals surface area contributed by atoms with Gasteiger partial charge in [-0.3, -0.25) is 0 Å². The molecule has 16 aromatic rings. The molecule has 0 atom stereocenters. The van der Waals surface area contributed by atoms with Crippen LogP contribution >= 0.6 is 0 Å². The number of aromatic nitrogens is 6. The van der Waals surface area contributed by atoms with Crippen molar-refractivity contribution in [3.05, 3.63) is 267 Å². The van der Waals surface area contributed by atoms with Gasteiger partial charge in [-0.25, -0.2) is 9.97 Å². The van der Waals surface area contributed by atoms with Gasteiger partial charge in [0.2, 0.25) is 0 Å². The first-order chi connectivity index (χ1) is 37.7. The summed E-state index contributed by atoms with van der Waals surface area (Å²) in [5.41, 5.74) is 18.4. The maximum Gasteiger partial charge on any atom is 0.160 e. The Kier molecular flexibility index (Phi) is 9.23. The Morgan fingerprint density at radius 1 is 0.237 bits per heavy atom. The Labute approximate surface area is 436 Å². The molecule has 0 saturated heterocycles. The number of nitrogens with zero attached hydrogens (tertiary/aromatic N) is 6. The van der Waals surface area contributed by atoms with Crippen molar-refractivity contribution in [1.82, 2.24) is 28.2 Å². The lowest BCUT2D eigenvalue weighted by Crippen LogP contribution is -1.97. The fraction of sp³-hybridized carbons (Fsp3) is 0. The van der Waals surface area contributed by atoms with Gasteiger partial charge in [0.1, 0.15) is 0 Å². The zero-order valence-corrected chi connectivity index (χ0v) is 41.1. The lowest BCUT2D eigenvalue weighted by Gasteiger charge is -2.12. The summed E-state index contributed by atoms with van der Waals surface area (Å²) < 4.78 is 9.85. The van der Waals surface area contributed by atoms with E-state index in [2.05, 4.69) is 279 Å². The van der Waals surface area contributed by atoms with Crippen molar-refractivity contribution in [3.63, 3.8) is 0 Å². The van der Waals surface area contributed by atoms with E-state index >= 15 is 0 Å². The molecule has 0 radical (unpaired) electrons. The average Bonchev–Trinajstić information content (AvgIpc) is 4.43. The SMILES string of the molecule is c1ccc(-c2cc(-c3cccc4c3c3c(ccc5c6ccccc6n(-c6ccc7c(c6)c6ccc8c(c9ccccc9n8-c8ccccc8)c6n7-c6ccccc6)c53)n4-c3ccccc3)nc(-c3ccccc3)n2)cc1. The zero-order valence-electron chi connectivity index (χ0n) is 41.1. The molecule has 0 N–H and O–H groups in total. The standard InChI is InChI=1S/C70H44N6/c1-6-21-45(22-7-1)57-44-58(72-70(71-57)46-23-8-2-9-24-46)54-33-20-36-62-65(54)67-64(74(62)48-27-12-4-13-28-48)42-38-52-51-31-16-18-34-59(51)76(69(52)67)50-37-40-61-56(43-50)53-39-41-63-66(68(53)75(61)49-29-14-5-15-30-49)55-32-17-19-35-60(55)73(63)47-25-10-3-11-26-47/h1-44H. The van der Waals surface area contributed by atoms with Crippen molar-refractivity contribution >= 4 is 87.2 Å². The van der Waals surface area contributed by atoms with Crippen LogP contribution in [-0.4, -0.2) is 28.2 Å². The first kappa shape index (κ1) is 42.2. The third-order valence-corrected chi connectivity index (χ3v) is 15.5. The van der Waals surface area contributed by atoms with Gasteiger partial charge in [-0.05, 0) is 91.0 Å². The largest absolute Gasteiger partial charge is 0.309 e. The van der Waals surface area contributed by atoms with Crippen molar-refractivity contribution in [2.45, 2.75) is 0 Å². The van der Waals surface area contributed by atoms with Crippen LogP contribution in [0.3, 0.4) is 0 Å². The lowest BCUT2D eigenvalue weighted by atomic mass is 10.00. The van der Waals surface area contributed by atoms with E-state index in [1.54, 1.807) is 0 Å². The van der Waals surface area contributed by atoms with E-state index in [-0.39, 0.29) is 0 Å². The Hall–Kier alpha value is -10.3. The fourth-order valence-corrected chi connectivity index (χ4v) is 12.4. The molecular formula is C70H44N6. The number of hydrogen-bond donors (Lipinski definition) is 0. The van der Waals surface area contributed by atoms with Crippen LogP contribution in [0.15, 0.2) is 267 Å². The van der Waals surface area contributed by atoms with E-state index in [1.165, 1.54) is 48.9 Å². The van der Waals surface area contributed by atoms with Crippen LogP contribution in [0.2, 0.25) is 0 Å². The van der Waals surface area contributed by atoms with Gasteiger partial charge in [0, 0.05) is 82.5 Å². The summed E-state index contributed by atoms with van der Waals surface area (Å²) in [6, 6.07) is 96.2. The van der Waals surface area contributed by atoms with Crippen molar-refractivity contribution in [2.24, 2.45) is 0 Å². The van der Waals surface area contributed by atoms with Crippen LogP contribution in [0.1, 0.15) is 0 Å². The summed E-state index contributed by atoms with van der Waals surface area (Å²) in [6.07, 6.45) is 0. The van der Waals surface area contributed by atoms with Gasteiger partial charge in [-0.2, -0.15) is 0 Å². The second kappa shape index (κ2) is 16.6. The molecule has 0 aliphatic heterocycles. The van der Waals surface area contributed by atoms with Gasteiger partial charge < -0.3 is 18.3 Å². The summed E-state index contributed by atoms with van der Waals surface area (Å²) in [5, 5.41) is 9.50. The molecule has 5 heterocycles. The van der Waals surface area contributed by atoms with Gasteiger partial charge >= 0.3 is 0 Å². The highest BCUT2D eigenvalue weighted by atomic mass is 15.0. The lowest BCUT2D eigenvalue weighted by molar-refractivity contribution is 1.17. The molecule has 76 heavy (non-hydrogen) atoms. The van der Waals surface area contributed by atoms with Gasteiger partial charge in [0.05, 0.1) is 55.5 Å². The minimum absolute atomic E-state index is 0.685. The van der Waals surface area contributed by atoms with Crippen LogP contribution in [-0.2, 0) is 0 Å². The summed E-state index contributed by atoms with van der Waals surface area (Å²) in [5.74, 6) is 0.685. The highest BCUT2D eigenvalue weighted by molar-refractivity contribution is 6.30. The van der Waals surface area contributed by atoms with Crippen molar-refractivity contribution in [1.29, 1.82) is 0 Å². The minimum Gasteiger partial charge on any atom is -0.309 e. The Balaban J connectivity index is 1.03. The van der Waals surface area contributed by atoms with E-state index in [0.717, 1.165) is 89.2 Å². The summed E-state index contributed by atoms with van der Waals surface area (Å²) in [7, 11) is 0. The Morgan fingerprint density at radius 3 is 1.36 bits per heavy atom. The zero-order chi connectivity index (χ0) is 49.8. The van der Waals surface area contributed by atoms with Gasteiger partial charge in [0.15, 0.2) is 5.82 Å². The maximum atomic E-state index is 5.46. The van der Waals surface area contributed by atoms with Gasteiger partial charge in [0.25, 0.3) is 0 Å². The van der Waals surface area contributed by atoms with Crippen LogP contribution < -0.4 is 0 Å². The third-order valence-electron chi connectivity index (χ3n) is 15.5. The van der Waals surface area contributed by atoms with Gasteiger partial charge in [-0.15, -0.1) is 0 Å². The van der Waals surface area contributed by atoms with E-state index in [9.17, 15) is 0 Å². The first-order valence-electron chi connectivity index (χ1n) is 25.9. The van der Waals surface area contributed by atoms with E-state index in [1.807, 2.05) is 6.07 Å². The highest BCUT2D eigenvalue weighted by Gasteiger charge is 2.26. The third kappa shape index (κ3) is 6.22. The molecule has 0 aliphatic rings. The molecule has 0 amide bonds. The van der Waals surface area contributed by atoms with E-state index in [4.69, 9.17) is 9.97 Å². The summed E-state index contributed by atoms with van der Waals surface area (Å²) in [4.78, 5) is 10.7. The quantitative estimate of drug-likeness (QED) is 0.160. The number of fused-ring (bicyclic) bond motifs is 14. The molecular weight excluding hydrogens is 925 g/mol. The van der Waals surface area contributed by atoms with Crippen LogP contribution in [0.5, 0.6) is 0 Å². The molecule has 0 spiro atoms. The molecule has 16 rings (SSSR count). The second-order valence-corrected chi connectivity index (χ2v) is 19.7. The van der Waals surface area contributed by atoms with Crippen LogP contribution in [0, 0.1) is 0 Å². The van der Waals surface area contributed by atoms with E-state index in [0.29, 0.717) is 5.82 Å². The maximum absolute atomic E-state index is 5.46. The average molecular weight is 969 g/mol. The number of rotatable bonds is 7. The predicted octanol–water partition coefficient (Wildman–Crippen LogP) is 17.9. The van der Waals surface area contributed by atoms with Crippen LogP contribution in [0.25, 0.3) is 144 Å². The van der Waals surface area contributed by atoms with Crippen LogP contribution in [0.4, 0.5) is 0 Å². The topological polar surface area (TPSA) is 45.5 Å². The molecule has 0 aliphatic carbocycles. The predicted molar refractivity (Wildman–Crippen MR) is 316 cm³/mol. The summed E-state index contributed by atoms with van der Waals surface area (Å²) >= 11 is 0.